The van der Waals surface area contributed by atoms with Gasteiger partial charge in [0.05, 0.1) is 17.5 Å². The van der Waals surface area contributed by atoms with Crippen molar-refractivity contribution in [1.29, 1.82) is 0 Å². The lowest BCUT2D eigenvalue weighted by Gasteiger charge is -2.38. The van der Waals surface area contributed by atoms with Crippen molar-refractivity contribution in [2.75, 3.05) is 37.7 Å². The summed E-state index contributed by atoms with van der Waals surface area (Å²) < 4.78 is 0. The number of hydrogen-bond donors (Lipinski definition) is 1. The molecule has 7 heteroatoms. The number of nitrogens with one attached hydrogen (secondary N) is 1. The summed E-state index contributed by atoms with van der Waals surface area (Å²) in [6.07, 6.45) is 5.09. The molecule has 0 spiro atoms. The Bertz CT molecular complexity index is 862. The first-order valence-electron chi connectivity index (χ1n) is 11.8. The molecule has 1 aromatic rings. The molecule has 1 heterocycles. The number of hydrogen-bond acceptors (Lipinski definition) is 4. The summed E-state index contributed by atoms with van der Waals surface area (Å²) in [6.45, 7) is 12.5. The molecule has 1 fully saturated rings. The van der Waals surface area contributed by atoms with E-state index < -0.39 is 0 Å². The van der Waals surface area contributed by atoms with Crippen LogP contribution in [0.25, 0.3) is 0 Å². The number of likely N-dealkylation sites (N-methyl/N-ethyl adjacent to an activating group) is 1. The van der Waals surface area contributed by atoms with Crippen molar-refractivity contribution in [3.05, 3.63) is 42.0 Å². The first kappa shape index (κ1) is 24.0. The number of hydrazine groups is 1. The minimum absolute atomic E-state index is 0.0537. The fourth-order valence-corrected chi connectivity index (χ4v) is 4.46. The highest BCUT2D eigenvalue weighted by Crippen LogP contribution is 2.32. The second-order valence-electron chi connectivity index (χ2n) is 9.03. The number of rotatable bonds is 9. The maximum atomic E-state index is 13.4. The summed E-state index contributed by atoms with van der Waals surface area (Å²) >= 11 is 0. The van der Waals surface area contributed by atoms with E-state index in [9.17, 15) is 14.4 Å². The number of allylic oxidation sites excluding steroid dienone is 2. The van der Waals surface area contributed by atoms with Crippen LogP contribution in [-0.4, -0.2) is 60.2 Å². The Morgan fingerprint density at radius 2 is 1.78 bits per heavy atom. The molecule has 2 unspecified atom stereocenters. The molecule has 3 rings (SSSR count). The van der Waals surface area contributed by atoms with Gasteiger partial charge in [0.15, 0.2) is 0 Å². The van der Waals surface area contributed by atoms with Crippen LogP contribution in [0.4, 0.5) is 5.69 Å². The molecule has 0 aromatic heterocycles. The standard InChI is InChI=1S/C25H36N4O3/c1-5-27(6-2)14-15-28(17-18(3)4)24(31)19-10-9-11-20(16-19)29-25(32)22-13-8-7-12-21(22)23(30)26-29/h7-11,16,18,21-22H,5-6,12-15,17H2,1-4H3,(H,26,30). The summed E-state index contributed by atoms with van der Waals surface area (Å²) in [7, 11) is 0. The van der Waals surface area contributed by atoms with E-state index in [1.807, 2.05) is 17.1 Å². The quantitative estimate of drug-likeness (QED) is 0.599. The van der Waals surface area contributed by atoms with E-state index >= 15 is 0 Å². The van der Waals surface area contributed by atoms with Crippen LogP contribution in [0.2, 0.25) is 0 Å². The normalized spacial score (nSPS) is 20.5. The topological polar surface area (TPSA) is 73.0 Å². The molecule has 7 nitrogen and oxygen atoms in total. The van der Waals surface area contributed by atoms with Crippen LogP contribution >= 0.6 is 0 Å². The van der Waals surface area contributed by atoms with Crippen molar-refractivity contribution in [2.45, 2.75) is 40.5 Å². The zero-order valence-electron chi connectivity index (χ0n) is 19.7. The van der Waals surface area contributed by atoms with E-state index in [1.54, 1.807) is 24.3 Å². The highest BCUT2D eigenvalue weighted by molar-refractivity contribution is 6.05. The molecule has 0 radical (unpaired) electrons. The predicted molar refractivity (Wildman–Crippen MR) is 126 cm³/mol. The summed E-state index contributed by atoms with van der Waals surface area (Å²) in [5, 5.41) is 1.32. The third-order valence-electron chi connectivity index (χ3n) is 6.33. The van der Waals surface area contributed by atoms with Crippen molar-refractivity contribution < 1.29 is 14.4 Å². The van der Waals surface area contributed by atoms with Crippen molar-refractivity contribution in [3.8, 4) is 0 Å². The van der Waals surface area contributed by atoms with Gasteiger partial charge in [-0.2, -0.15) is 0 Å². The Balaban J connectivity index is 1.80. The van der Waals surface area contributed by atoms with Gasteiger partial charge in [-0.05, 0) is 50.0 Å². The average molecular weight is 441 g/mol. The van der Waals surface area contributed by atoms with E-state index in [0.29, 0.717) is 43.1 Å². The number of carbonyl (C=O) groups excluding carboxylic acids is 3. The maximum Gasteiger partial charge on any atom is 0.253 e. The van der Waals surface area contributed by atoms with E-state index in [4.69, 9.17) is 0 Å². The molecule has 1 aliphatic heterocycles. The van der Waals surface area contributed by atoms with E-state index in [-0.39, 0.29) is 29.6 Å². The number of nitrogens with zero attached hydrogens (tertiary/aromatic N) is 3. The molecule has 0 saturated carbocycles. The van der Waals surface area contributed by atoms with Gasteiger partial charge < -0.3 is 9.80 Å². The molecular weight excluding hydrogens is 404 g/mol. The van der Waals surface area contributed by atoms with Crippen LogP contribution in [0.15, 0.2) is 36.4 Å². The summed E-state index contributed by atoms with van der Waals surface area (Å²) in [5.74, 6) is -0.629. The molecule has 1 saturated heterocycles. The third-order valence-corrected chi connectivity index (χ3v) is 6.33. The first-order chi connectivity index (χ1) is 15.3. The number of fused-ring (bicyclic) bond motifs is 1. The zero-order valence-corrected chi connectivity index (χ0v) is 19.7. The van der Waals surface area contributed by atoms with Gasteiger partial charge in [0.25, 0.3) is 5.91 Å². The predicted octanol–water partition coefficient (Wildman–Crippen LogP) is 3.09. The van der Waals surface area contributed by atoms with Gasteiger partial charge in [0.1, 0.15) is 0 Å². The molecule has 1 aliphatic carbocycles. The fourth-order valence-electron chi connectivity index (χ4n) is 4.46. The van der Waals surface area contributed by atoms with Crippen LogP contribution in [0.5, 0.6) is 0 Å². The number of carbonyl (C=O) groups is 3. The van der Waals surface area contributed by atoms with Crippen LogP contribution in [0.3, 0.4) is 0 Å². The molecule has 1 N–H and O–H groups in total. The SMILES string of the molecule is CCN(CC)CCN(CC(C)C)C(=O)c1cccc(N2NC(=O)C3CC=CCC3C2=O)c1. The Hall–Kier alpha value is -2.67. The number of anilines is 1. The van der Waals surface area contributed by atoms with Gasteiger partial charge in [-0.1, -0.05) is 45.9 Å². The van der Waals surface area contributed by atoms with Crippen LogP contribution < -0.4 is 10.4 Å². The van der Waals surface area contributed by atoms with Gasteiger partial charge in [-0.15, -0.1) is 0 Å². The fraction of sp³-hybridized carbons (Fsp3) is 0.560. The van der Waals surface area contributed by atoms with Gasteiger partial charge >= 0.3 is 0 Å². The Kier molecular flexibility index (Phi) is 8.07. The summed E-state index contributed by atoms with van der Waals surface area (Å²) in [6, 6.07) is 7.02. The third kappa shape index (κ3) is 5.38. The first-order valence-corrected chi connectivity index (χ1v) is 11.8. The van der Waals surface area contributed by atoms with Crippen LogP contribution in [-0.2, 0) is 9.59 Å². The average Bonchev–Trinajstić information content (AvgIpc) is 2.80. The maximum absolute atomic E-state index is 13.4. The molecule has 174 valence electrons. The van der Waals surface area contributed by atoms with Crippen molar-refractivity contribution in [3.63, 3.8) is 0 Å². The smallest absolute Gasteiger partial charge is 0.253 e. The zero-order chi connectivity index (χ0) is 23.3. The second-order valence-corrected chi connectivity index (χ2v) is 9.03. The van der Waals surface area contributed by atoms with Crippen molar-refractivity contribution in [2.24, 2.45) is 17.8 Å². The molecular formula is C25H36N4O3. The van der Waals surface area contributed by atoms with Gasteiger partial charge in [0.2, 0.25) is 11.8 Å². The highest BCUT2D eigenvalue weighted by atomic mass is 16.2. The summed E-state index contributed by atoms with van der Waals surface area (Å²) in [4.78, 5) is 43.3. The highest BCUT2D eigenvalue weighted by Gasteiger charge is 2.42. The van der Waals surface area contributed by atoms with Crippen molar-refractivity contribution >= 4 is 23.4 Å². The van der Waals surface area contributed by atoms with Crippen LogP contribution in [0, 0.1) is 17.8 Å². The molecule has 1 aromatic carbocycles. The molecule has 32 heavy (non-hydrogen) atoms. The molecule has 2 atom stereocenters. The lowest BCUT2D eigenvalue weighted by Crippen LogP contribution is -2.59. The largest absolute Gasteiger partial charge is 0.337 e. The number of benzene rings is 1. The van der Waals surface area contributed by atoms with E-state index in [2.05, 4.69) is 38.0 Å². The molecule has 3 amide bonds. The Morgan fingerprint density at radius 1 is 1.09 bits per heavy atom. The monoisotopic (exact) mass is 440 g/mol. The minimum atomic E-state index is -0.348. The lowest BCUT2D eigenvalue weighted by molar-refractivity contribution is -0.139. The number of amides is 3. The Labute approximate surface area is 191 Å². The van der Waals surface area contributed by atoms with Gasteiger partial charge in [-0.25, -0.2) is 5.01 Å². The van der Waals surface area contributed by atoms with E-state index in [1.165, 1.54) is 5.01 Å². The second kappa shape index (κ2) is 10.8. The Morgan fingerprint density at radius 3 is 2.44 bits per heavy atom. The minimum Gasteiger partial charge on any atom is -0.337 e. The summed E-state index contributed by atoms with van der Waals surface area (Å²) in [5.41, 5.74) is 3.79. The lowest BCUT2D eigenvalue weighted by atomic mass is 9.80. The molecule has 2 aliphatic rings. The van der Waals surface area contributed by atoms with Crippen LogP contribution in [0.1, 0.15) is 50.9 Å². The van der Waals surface area contributed by atoms with E-state index in [0.717, 1.165) is 19.6 Å². The van der Waals surface area contributed by atoms with Gasteiger partial charge in [-0.3, -0.25) is 19.8 Å². The molecule has 0 bridgehead atoms. The van der Waals surface area contributed by atoms with Gasteiger partial charge in [0, 0.05) is 25.2 Å². The van der Waals surface area contributed by atoms with Crippen molar-refractivity contribution in [1.82, 2.24) is 15.2 Å².